The maximum absolute atomic E-state index is 11.3. The van der Waals surface area contributed by atoms with Crippen LogP contribution < -0.4 is 15.4 Å². The number of rotatable bonds is 10. The summed E-state index contributed by atoms with van der Waals surface area (Å²) in [5, 5.41) is 10.3. The van der Waals surface area contributed by atoms with Gasteiger partial charge in [0.05, 0.1) is 11.4 Å². The molecule has 0 aliphatic carbocycles. The number of hydrogen-bond donors (Lipinski definition) is 3. The van der Waals surface area contributed by atoms with Gasteiger partial charge in [0, 0.05) is 25.7 Å². The number of nitrogens with one attached hydrogen (secondary N) is 3. The lowest BCUT2D eigenvalue weighted by molar-refractivity contribution is 0.376. The van der Waals surface area contributed by atoms with E-state index in [9.17, 15) is 8.42 Å². The monoisotopic (exact) mass is 359 g/mol. The fourth-order valence-corrected chi connectivity index (χ4v) is 2.46. The molecule has 8 nitrogen and oxygen atoms in total. The number of guanidine groups is 1. The molecule has 0 atom stereocenters. The van der Waals surface area contributed by atoms with Gasteiger partial charge in [0.1, 0.15) is 6.54 Å². The molecule has 0 fully saturated rings. The summed E-state index contributed by atoms with van der Waals surface area (Å²) in [7, 11) is -3.12. The zero-order valence-electron chi connectivity index (χ0n) is 14.9. The van der Waals surface area contributed by atoms with Gasteiger partial charge in [0.25, 0.3) is 0 Å². The number of hydrogen-bond acceptors (Lipinski definition) is 5. The Kier molecular flexibility index (Phi) is 8.77. The van der Waals surface area contributed by atoms with Gasteiger partial charge in [-0.15, -0.1) is 0 Å². The summed E-state index contributed by atoms with van der Waals surface area (Å²) >= 11 is 0. The number of aromatic nitrogens is 1. The van der Waals surface area contributed by atoms with Gasteiger partial charge < -0.3 is 15.2 Å². The average molecular weight is 359 g/mol. The molecule has 0 bridgehead atoms. The quantitative estimate of drug-likeness (QED) is 0.329. The Morgan fingerprint density at radius 3 is 2.62 bits per heavy atom. The van der Waals surface area contributed by atoms with Crippen molar-refractivity contribution in [3.8, 4) is 0 Å². The van der Waals surface area contributed by atoms with Crippen molar-refractivity contribution >= 4 is 16.0 Å². The molecule has 24 heavy (non-hydrogen) atoms. The van der Waals surface area contributed by atoms with Crippen molar-refractivity contribution in [3.05, 3.63) is 17.5 Å². The highest BCUT2D eigenvalue weighted by Crippen LogP contribution is 2.14. The van der Waals surface area contributed by atoms with Crippen LogP contribution in [-0.4, -0.2) is 44.9 Å². The Hall–Kier alpha value is -1.61. The highest BCUT2D eigenvalue weighted by Gasteiger charge is 2.08. The number of nitrogens with zero attached hydrogens (tertiary/aromatic N) is 2. The molecule has 0 aliphatic heterocycles. The summed E-state index contributed by atoms with van der Waals surface area (Å²) in [5.41, 5.74) is 0.918. The van der Waals surface area contributed by atoms with E-state index in [4.69, 9.17) is 4.52 Å². The lowest BCUT2D eigenvalue weighted by Gasteiger charge is -2.11. The van der Waals surface area contributed by atoms with Crippen molar-refractivity contribution in [1.29, 1.82) is 0 Å². The first-order chi connectivity index (χ1) is 11.4. The van der Waals surface area contributed by atoms with Crippen LogP contribution in [0.3, 0.4) is 0 Å². The van der Waals surface area contributed by atoms with E-state index in [1.807, 2.05) is 13.0 Å². The third-order valence-corrected chi connectivity index (χ3v) is 4.66. The second-order valence-electron chi connectivity index (χ2n) is 5.65. The molecular formula is C15H29N5O3S. The van der Waals surface area contributed by atoms with Crippen LogP contribution in [0.25, 0.3) is 0 Å². The molecule has 3 N–H and O–H groups in total. The molecule has 0 aliphatic rings. The second-order valence-corrected chi connectivity index (χ2v) is 7.74. The van der Waals surface area contributed by atoms with Gasteiger partial charge in [-0.05, 0) is 26.2 Å². The fourth-order valence-electron chi connectivity index (χ4n) is 1.80. The van der Waals surface area contributed by atoms with E-state index in [1.54, 1.807) is 6.92 Å². The van der Waals surface area contributed by atoms with Crippen molar-refractivity contribution in [2.75, 3.05) is 25.4 Å². The lowest BCUT2D eigenvalue weighted by Crippen LogP contribution is -2.38. The van der Waals surface area contributed by atoms with Gasteiger partial charge in [-0.1, -0.05) is 19.0 Å². The van der Waals surface area contributed by atoms with Crippen molar-refractivity contribution in [1.82, 2.24) is 20.5 Å². The molecule has 138 valence electrons. The van der Waals surface area contributed by atoms with Gasteiger partial charge in [-0.3, -0.25) is 0 Å². The standard InChI is InChI=1S/C15H29N5O3S/c1-5-16-15(17-8-7-9-19-24(21,22)6-2)18-11-13-10-14(12(3)4)20-23-13/h10,12,19H,5-9,11H2,1-4H3,(H2,16,17,18). The number of sulfonamides is 1. The second kappa shape index (κ2) is 10.3. The normalized spacial score (nSPS) is 12.6. The molecule has 0 amide bonds. The minimum absolute atomic E-state index is 0.0973. The summed E-state index contributed by atoms with van der Waals surface area (Å²) in [6.07, 6.45) is 0.670. The van der Waals surface area contributed by atoms with E-state index in [0.717, 1.165) is 12.2 Å². The largest absolute Gasteiger partial charge is 0.359 e. The topological polar surface area (TPSA) is 109 Å². The molecule has 0 spiro atoms. The van der Waals surface area contributed by atoms with Gasteiger partial charge in [-0.25, -0.2) is 18.1 Å². The third kappa shape index (κ3) is 7.78. The Labute approximate surface area is 144 Å². The third-order valence-electron chi connectivity index (χ3n) is 3.25. The van der Waals surface area contributed by atoms with E-state index in [0.29, 0.717) is 43.7 Å². The van der Waals surface area contributed by atoms with Crippen molar-refractivity contribution in [2.45, 2.75) is 46.6 Å². The first kappa shape index (κ1) is 20.4. The minimum atomic E-state index is -3.12. The van der Waals surface area contributed by atoms with Crippen LogP contribution in [0.4, 0.5) is 0 Å². The molecule has 1 rings (SSSR count). The van der Waals surface area contributed by atoms with E-state index in [-0.39, 0.29) is 5.75 Å². The number of aliphatic imine (C=N–C) groups is 1. The lowest BCUT2D eigenvalue weighted by atomic mass is 10.1. The Balaban J connectivity index is 2.42. The molecule has 9 heteroatoms. The van der Waals surface area contributed by atoms with E-state index in [1.165, 1.54) is 0 Å². The summed E-state index contributed by atoms with van der Waals surface area (Å²) in [6, 6.07) is 1.91. The summed E-state index contributed by atoms with van der Waals surface area (Å²) in [5.74, 6) is 1.80. The van der Waals surface area contributed by atoms with Crippen LogP contribution in [0.1, 0.15) is 51.5 Å². The zero-order chi connectivity index (χ0) is 18.0. The minimum Gasteiger partial charge on any atom is -0.359 e. The van der Waals surface area contributed by atoms with Crippen LogP contribution in [0.2, 0.25) is 0 Å². The van der Waals surface area contributed by atoms with Crippen molar-refractivity contribution in [3.63, 3.8) is 0 Å². The van der Waals surface area contributed by atoms with Gasteiger partial charge >= 0.3 is 0 Å². The van der Waals surface area contributed by atoms with Crippen LogP contribution >= 0.6 is 0 Å². The van der Waals surface area contributed by atoms with Gasteiger partial charge in [-0.2, -0.15) is 0 Å². The molecule has 0 radical (unpaired) electrons. The van der Waals surface area contributed by atoms with Crippen molar-refractivity contribution in [2.24, 2.45) is 4.99 Å². The average Bonchev–Trinajstić information content (AvgIpc) is 3.01. The van der Waals surface area contributed by atoms with Crippen LogP contribution in [0, 0.1) is 0 Å². The molecule has 0 saturated carbocycles. The molecule has 0 saturated heterocycles. The first-order valence-corrected chi connectivity index (χ1v) is 9.98. The maximum Gasteiger partial charge on any atom is 0.211 e. The SMILES string of the molecule is CCNC(=NCc1cc(C(C)C)no1)NCCCNS(=O)(=O)CC. The predicted molar refractivity (Wildman–Crippen MR) is 95.5 cm³/mol. The van der Waals surface area contributed by atoms with Crippen LogP contribution in [0.5, 0.6) is 0 Å². The molecule has 0 aromatic carbocycles. The Morgan fingerprint density at radius 2 is 2.04 bits per heavy atom. The van der Waals surface area contributed by atoms with E-state index < -0.39 is 10.0 Å². The maximum atomic E-state index is 11.3. The highest BCUT2D eigenvalue weighted by molar-refractivity contribution is 7.89. The summed E-state index contributed by atoms with van der Waals surface area (Å²) in [4.78, 5) is 4.44. The smallest absolute Gasteiger partial charge is 0.211 e. The van der Waals surface area contributed by atoms with E-state index >= 15 is 0 Å². The molecule has 1 aromatic heterocycles. The molecular weight excluding hydrogens is 330 g/mol. The summed E-state index contributed by atoms with van der Waals surface area (Å²) < 4.78 is 30.4. The van der Waals surface area contributed by atoms with Gasteiger partial charge in [0.15, 0.2) is 11.7 Å². The van der Waals surface area contributed by atoms with Gasteiger partial charge in [0.2, 0.25) is 10.0 Å². The zero-order valence-corrected chi connectivity index (χ0v) is 15.7. The fraction of sp³-hybridized carbons (Fsp3) is 0.733. The van der Waals surface area contributed by atoms with Crippen molar-refractivity contribution < 1.29 is 12.9 Å². The molecule has 0 unspecified atom stereocenters. The molecule has 1 heterocycles. The predicted octanol–water partition coefficient (Wildman–Crippen LogP) is 1.18. The Morgan fingerprint density at radius 1 is 1.29 bits per heavy atom. The highest BCUT2D eigenvalue weighted by atomic mass is 32.2. The molecule has 1 aromatic rings. The van der Waals surface area contributed by atoms with Crippen LogP contribution in [-0.2, 0) is 16.6 Å². The first-order valence-electron chi connectivity index (χ1n) is 8.33. The van der Waals surface area contributed by atoms with E-state index in [2.05, 4.69) is 39.4 Å². The Bertz CT molecular complexity index is 610. The van der Waals surface area contributed by atoms with Crippen LogP contribution in [0.15, 0.2) is 15.6 Å². The summed E-state index contributed by atoms with van der Waals surface area (Å²) in [6.45, 7) is 9.88.